The van der Waals surface area contributed by atoms with Crippen LogP contribution in [0.5, 0.6) is 0 Å². The highest BCUT2D eigenvalue weighted by Gasteiger charge is 2.52. The number of hydrogen-bond acceptors (Lipinski definition) is 4. The largest absolute Gasteiger partial charge is 0.480 e. The number of carbonyl (C=O) groups is 4. The molecule has 78 valence electrons. The van der Waals surface area contributed by atoms with Crippen molar-refractivity contribution in [3.8, 4) is 0 Å². The Morgan fingerprint density at radius 1 is 0.857 bits per heavy atom. The number of carboxylic acids is 1. The molecule has 0 aliphatic carbocycles. The Labute approximate surface area is 91.6 Å². The molecule has 0 atom stereocenters. The Morgan fingerprint density at radius 3 is 1.07 bits per heavy atom. The lowest BCUT2D eigenvalue weighted by atomic mass is 9.77. The van der Waals surface area contributed by atoms with Gasteiger partial charge in [0.1, 0.15) is 0 Å². The molecule has 0 aromatic carbocycles. The molecular formula is C8H13AlO5. The van der Waals surface area contributed by atoms with Gasteiger partial charge < -0.3 is 5.11 Å². The van der Waals surface area contributed by atoms with Crippen LogP contribution >= 0.6 is 0 Å². The number of Topliss-reactive ketones (excluding diaryl/α,β-unsaturated/α-hetero) is 3. The smallest absolute Gasteiger partial charge is 0.332 e. The van der Waals surface area contributed by atoms with Crippen molar-refractivity contribution < 1.29 is 24.3 Å². The summed E-state index contributed by atoms with van der Waals surface area (Å²) in [4.78, 5) is 43.6. The SMILES string of the molecule is CC(=O)C(C(C)=O)(C(C)=O)C(=O)O.[AlH3]. The van der Waals surface area contributed by atoms with E-state index >= 15 is 0 Å². The summed E-state index contributed by atoms with van der Waals surface area (Å²) < 4.78 is 0. The van der Waals surface area contributed by atoms with E-state index in [1.807, 2.05) is 0 Å². The second-order valence-corrected chi connectivity index (χ2v) is 2.72. The summed E-state index contributed by atoms with van der Waals surface area (Å²) in [6.45, 7) is 2.74. The second-order valence-electron chi connectivity index (χ2n) is 2.72. The predicted octanol–water partition coefficient (Wildman–Crippen LogP) is -1.36. The summed E-state index contributed by atoms with van der Waals surface area (Å²) >= 11 is 0. The van der Waals surface area contributed by atoms with Crippen LogP contribution < -0.4 is 0 Å². The zero-order valence-electron chi connectivity index (χ0n) is 7.58. The molecule has 0 saturated carbocycles. The Bertz CT molecular complexity index is 233. The maximum Gasteiger partial charge on any atom is 0.332 e. The van der Waals surface area contributed by atoms with E-state index in [2.05, 4.69) is 0 Å². The number of carboxylic acid groups (broad SMARTS) is 1. The minimum Gasteiger partial charge on any atom is -0.480 e. The first-order valence-corrected chi connectivity index (χ1v) is 3.54. The molecule has 0 spiro atoms. The van der Waals surface area contributed by atoms with Gasteiger partial charge in [0, 0.05) is 0 Å². The molecule has 0 amide bonds. The van der Waals surface area contributed by atoms with Crippen molar-refractivity contribution in [1.82, 2.24) is 0 Å². The number of ketones is 3. The van der Waals surface area contributed by atoms with Gasteiger partial charge in [-0.05, 0) is 20.8 Å². The second kappa shape index (κ2) is 5.03. The van der Waals surface area contributed by atoms with E-state index in [0.29, 0.717) is 0 Å². The van der Waals surface area contributed by atoms with E-state index in [-0.39, 0.29) is 17.4 Å². The van der Waals surface area contributed by atoms with Crippen molar-refractivity contribution >= 4 is 40.7 Å². The molecule has 0 fully saturated rings. The third-order valence-electron chi connectivity index (χ3n) is 1.91. The van der Waals surface area contributed by atoms with Crippen LogP contribution in [0.25, 0.3) is 0 Å². The van der Waals surface area contributed by atoms with Crippen LogP contribution in [-0.2, 0) is 19.2 Å². The van der Waals surface area contributed by atoms with E-state index in [4.69, 9.17) is 5.11 Å². The minimum absolute atomic E-state index is 0. The highest BCUT2D eigenvalue weighted by atomic mass is 27.0. The van der Waals surface area contributed by atoms with Gasteiger partial charge in [0.15, 0.2) is 34.7 Å². The molecular weight excluding hydrogens is 203 g/mol. The third-order valence-corrected chi connectivity index (χ3v) is 1.91. The van der Waals surface area contributed by atoms with Gasteiger partial charge in [0.05, 0.1) is 0 Å². The molecule has 1 N–H and O–H groups in total. The van der Waals surface area contributed by atoms with Crippen LogP contribution in [0.2, 0.25) is 0 Å². The summed E-state index contributed by atoms with van der Waals surface area (Å²) in [5.74, 6) is -4.58. The van der Waals surface area contributed by atoms with Crippen LogP contribution in [0.3, 0.4) is 0 Å². The molecule has 0 bridgehead atoms. The number of aliphatic carboxylic acids is 1. The first-order chi connectivity index (χ1) is 5.77. The van der Waals surface area contributed by atoms with Gasteiger partial charge in [-0.2, -0.15) is 0 Å². The first-order valence-electron chi connectivity index (χ1n) is 3.54. The zero-order valence-corrected chi connectivity index (χ0v) is 7.58. The summed E-state index contributed by atoms with van der Waals surface area (Å²) in [5.41, 5.74) is -2.50. The van der Waals surface area contributed by atoms with Gasteiger partial charge in [0.2, 0.25) is 5.41 Å². The molecule has 14 heavy (non-hydrogen) atoms. The fraction of sp³-hybridized carbons (Fsp3) is 0.500. The highest BCUT2D eigenvalue weighted by Crippen LogP contribution is 2.21. The Kier molecular flexibility index (Phi) is 5.57. The van der Waals surface area contributed by atoms with Crippen molar-refractivity contribution in [2.45, 2.75) is 20.8 Å². The molecule has 0 aliphatic rings. The van der Waals surface area contributed by atoms with E-state index in [1.165, 1.54) is 0 Å². The molecule has 6 heteroatoms. The van der Waals surface area contributed by atoms with Crippen LogP contribution in [-0.4, -0.2) is 45.8 Å². The topological polar surface area (TPSA) is 88.5 Å². The van der Waals surface area contributed by atoms with Gasteiger partial charge in [-0.1, -0.05) is 0 Å². The lowest BCUT2D eigenvalue weighted by Gasteiger charge is -2.19. The van der Waals surface area contributed by atoms with Crippen molar-refractivity contribution in [2.24, 2.45) is 5.41 Å². The van der Waals surface area contributed by atoms with Crippen molar-refractivity contribution in [1.29, 1.82) is 0 Å². The molecule has 0 aromatic rings. The molecule has 0 aromatic heterocycles. The monoisotopic (exact) mass is 216 g/mol. The van der Waals surface area contributed by atoms with Gasteiger partial charge in [-0.15, -0.1) is 0 Å². The fourth-order valence-corrected chi connectivity index (χ4v) is 1.20. The normalized spacial score (nSPS) is 9.93. The van der Waals surface area contributed by atoms with Crippen LogP contribution in [0.4, 0.5) is 0 Å². The maximum atomic E-state index is 11.0. The van der Waals surface area contributed by atoms with Crippen LogP contribution in [0.1, 0.15) is 20.8 Å². The number of hydrogen-bond donors (Lipinski definition) is 1. The summed E-state index contributed by atoms with van der Waals surface area (Å²) in [6.07, 6.45) is 0. The summed E-state index contributed by atoms with van der Waals surface area (Å²) in [5, 5.41) is 8.67. The third kappa shape index (κ3) is 2.08. The first kappa shape index (κ1) is 15.5. The molecule has 0 rings (SSSR count). The number of rotatable bonds is 4. The standard InChI is InChI=1S/C8H10O5.Al.3H/c1-4(9)8(5(2)10,6(3)11)7(12)13;;;;/h1-3H3,(H,12,13);;;;. The zero-order chi connectivity index (χ0) is 10.8. The molecule has 0 saturated heterocycles. The van der Waals surface area contributed by atoms with Crippen molar-refractivity contribution in [3.63, 3.8) is 0 Å². The molecule has 0 radical (unpaired) electrons. The highest BCUT2D eigenvalue weighted by molar-refractivity contribution is 6.35. The predicted molar refractivity (Wildman–Crippen MR) is 52.1 cm³/mol. The summed E-state index contributed by atoms with van der Waals surface area (Å²) in [6, 6.07) is 0. The van der Waals surface area contributed by atoms with Gasteiger partial charge in [0.25, 0.3) is 0 Å². The van der Waals surface area contributed by atoms with Crippen molar-refractivity contribution in [2.75, 3.05) is 0 Å². The number of carbonyl (C=O) groups excluding carboxylic acids is 3. The quantitative estimate of drug-likeness (QED) is 0.463. The van der Waals surface area contributed by atoms with Gasteiger partial charge >= 0.3 is 5.97 Å². The maximum absolute atomic E-state index is 11.0. The molecule has 5 nitrogen and oxygen atoms in total. The molecule has 0 aliphatic heterocycles. The molecule has 0 unspecified atom stereocenters. The van der Waals surface area contributed by atoms with E-state index in [1.54, 1.807) is 0 Å². The lowest BCUT2D eigenvalue weighted by Crippen LogP contribution is -2.49. The van der Waals surface area contributed by atoms with Crippen LogP contribution in [0, 0.1) is 5.41 Å². The van der Waals surface area contributed by atoms with Crippen LogP contribution in [0.15, 0.2) is 0 Å². The summed E-state index contributed by atoms with van der Waals surface area (Å²) in [7, 11) is 0. The van der Waals surface area contributed by atoms with Crippen molar-refractivity contribution in [3.05, 3.63) is 0 Å². The Hall–Kier alpha value is -0.988. The van der Waals surface area contributed by atoms with Gasteiger partial charge in [-0.3, -0.25) is 19.2 Å². The lowest BCUT2D eigenvalue weighted by molar-refractivity contribution is -0.162. The average molecular weight is 216 g/mol. The van der Waals surface area contributed by atoms with E-state index < -0.39 is 28.7 Å². The van der Waals surface area contributed by atoms with E-state index in [0.717, 1.165) is 20.8 Å². The fourth-order valence-electron chi connectivity index (χ4n) is 1.20. The Balaban J connectivity index is 0. The Morgan fingerprint density at radius 2 is 1.07 bits per heavy atom. The minimum atomic E-state index is -2.50. The molecule has 0 heterocycles. The average Bonchev–Trinajstić information content (AvgIpc) is 1.82. The van der Waals surface area contributed by atoms with E-state index in [9.17, 15) is 19.2 Å². The van der Waals surface area contributed by atoms with Gasteiger partial charge in [-0.25, -0.2) is 0 Å².